The van der Waals surface area contributed by atoms with Crippen molar-refractivity contribution in [2.75, 3.05) is 18.8 Å². The molecule has 1 amide bonds. The molecule has 0 bridgehead atoms. The molecule has 1 aliphatic heterocycles. The van der Waals surface area contributed by atoms with Gasteiger partial charge in [-0.25, -0.2) is 0 Å². The maximum Gasteiger partial charge on any atom is 0.257 e. The molecular formula is C14H18BrNO2S. The van der Waals surface area contributed by atoms with Crippen LogP contribution in [0.15, 0.2) is 22.7 Å². The minimum absolute atomic E-state index is 0.0486. The van der Waals surface area contributed by atoms with Gasteiger partial charge in [0.05, 0.1) is 5.56 Å². The van der Waals surface area contributed by atoms with Crippen molar-refractivity contribution in [3.8, 4) is 5.75 Å². The van der Waals surface area contributed by atoms with Gasteiger partial charge in [0.1, 0.15) is 5.75 Å². The van der Waals surface area contributed by atoms with E-state index in [1.54, 1.807) is 18.2 Å². The Balaban J connectivity index is 2.17. The number of aromatic hydroxyl groups is 1. The van der Waals surface area contributed by atoms with Crippen molar-refractivity contribution in [1.29, 1.82) is 0 Å². The number of benzene rings is 1. The Morgan fingerprint density at radius 2 is 2.26 bits per heavy atom. The molecule has 19 heavy (non-hydrogen) atoms. The lowest BCUT2D eigenvalue weighted by Gasteiger charge is -2.34. The maximum atomic E-state index is 12.5. The van der Waals surface area contributed by atoms with E-state index in [1.165, 1.54) is 0 Å². The number of thioether (sulfide) groups is 1. The molecule has 0 aliphatic carbocycles. The lowest BCUT2D eigenvalue weighted by molar-refractivity contribution is 0.0753. The van der Waals surface area contributed by atoms with Crippen LogP contribution in [0.4, 0.5) is 0 Å². The summed E-state index contributed by atoms with van der Waals surface area (Å²) in [7, 11) is 0. The Morgan fingerprint density at radius 1 is 1.53 bits per heavy atom. The molecule has 1 fully saturated rings. The minimum Gasteiger partial charge on any atom is -0.507 e. The predicted octanol–water partition coefficient (Wildman–Crippen LogP) is 3.37. The summed E-state index contributed by atoms with van der Waals surface area (Å²) < 4.78 is 0.806. The van der Waals surface area contributed by atoms with Gasteiger partial charge in [-0.3, -0.25) is 4.79 Å². The normalized spacial score (nSPS) is 19.8. The van der Waals surface area contributed by atoms with Gasteiger partial charge in [-0.05, 0) is 24.1 Å². The smallest absolute Gasteiger partial charge is 0.257 e. The average molecular weight is 344 g/mol. The van der Waals surface area contributed by atoms with Crippen molar-refractivity contribution in [2.24, 2.45) is 5.92 Å². The summed E-state index contributed by atoms with van der Waals surface area (Å²) in [5, 5.41) is 10.3. The first kappa shape index (κ1) is 14.7. The lowest BCUT2D eigenvalue weighted by atomic mass is 10.1. The third-order valence-electron chi connectivity index (χ3n) is 3.31. The van der Waals surface area contributed by atoms with Gasteiger partial charge in [0.15, 0.2) is 0 Å². The standard InChI is InChI=1S/C14H18BrNO2S/c1-9(2)13-8-16(5-6-19-13)14(18)11-7-10(15)3-4-12(11)17/h3-4,7,9,13,17H,5-6,8H2,1-2H3/t13-/m1/s1. The second-order valence-electron chi connectivity index (χ2n) is 5.07. The van der Waals surface area contributed by atoms with Crippen LogP contribution in [0.5, 0.6) is 5.75 Å². The summed E-state index contributed by atoms with van der Waals surface area (Å²) in [6.07, 6.45) is 0. The fourth-order valence-electron chi connectivity index (χ4n) is 2.11. The van der Waals surface area contributed by atoms with Gasteiger partial charge in [-0.2, -0.15) is 11.8 Å². The number of rotatable bonds is 2. The van der Waals surface area contributed by atoms with Gasteiger partial charge in [-0.15, -0.1) is 0 Å². The zero-order chi connectivity index (χ0) is 14.0. The Hall–Kier alpha value is -0.680. The number of carbonyl (C=O) groups excluding carboxylic acids is 1. The fraction of sp³-hybridized carbons (Fsp3) is 0.500. The van der Waals surface area contributed by atoms with E-state index >= 15 is 0 Å². The van der Waals surface area contributed by atoms with E-state index in [9.17, 15) is 9.90 Å². The van der Waals surface area contributed by atoms with Crippen LogP contribution in [-0.2, 0) is 0 Å². The van der Waals surface area contributed by atoms with E-state index in [-0.39, 0.29) is 11.7 Å². The monoisotopic (exact) mass is 343 g/mol. The number of halogens is 1. The summed E-state index contributed by atoms with van der Waals surface area (Å²) >= 11 is 5.27. The number of amides is 1. The average Bonchev–Trinajstić information content (AvgIpc) is 2.41. The molecule has 0 radical (unpaired) electrons. The van der Waals surface area contributed by atoms with Crippen LogP contribution in [0.25, 0.3) is 0 Å². The van der Waals surface area contributed by atoms with Gasteiger partial charge >= 0.3 is 0 Å². The Bertz CT molecular complexity index is 479. The van der Waals surface area contributed by atoms with E-state index in [0.29, 0.717) is 16.7 Å². The highest BCUT2D eigenvalue weighted by Crippen LogP contribution is 2.28. The summed E-state index contributed by atoms with van der Waals surface area (Å²) in [6, 6.07) is 4.97. The summed E-state index contributed by atoms with van der Waals surface area (Å²) in [5.41, 5.74) is 0.379. The molecule has 3 nitrogen and oxygen atoms in total. The number of phenolic OH excluding ortho intramolecular Hbond substituents is 1. The first-order valence-electron chi connectivity index (χ1n) is 6.38. The number of nitrogens with zero attached hydrogens (tertiary/aromatic N) is 1. The molecule has 0 spiro atoms. The first-order chi connectivity index (χ1) is 8.99. The first-order valence-corrected chi connectivity index (χ1v) is 8.22. The molecule has 1 aliphatic rings. The van der Waals surface area contributed by atoms with Crippen LogP contribution in [0.1, 0.15) is 24.2 Å². The molecule has 2 rings (SSSR count). The molecular weight excluding hydrogens is 326 g/mol. The lowest BCUT2D eigenvalue weighted by Crippen LogP contribution is -2.43. The number of hydrogen-bond acceptors (Lipinski definition) is 3. The van der Waals surface area contributed by atoms with Crippen LogP contribution in [0, 0.1) is 5.92 Å². The van der Waals surface area contributed by atoms with Crippen molar-refractivity contribution in [1.82, 2.24) is 4.90 Å². The van der Waals surface area contributed by atoms with Crippen LogP contribution in [0.2, 0.25) is 0 Å². The number of phenols is 1. The van der Waals surface area contributed by atoms with Crippen molar-refractivity contribution in [3.05, 3.63) is 28.2 Å². The zero-order valence-electron chi connectivity index (χ0n) is 11.1. The minimum atomic E-state index is -0.0789. The zero-order valence-corrected chi connectivity index (χ0v) is 13.5. The summed E-state index contributed by atoms with van der Waals surface area (Å²) in [6.45, 7) is 5.87. The number of hydrogen-bond donors (Lipinski definition) is 1. The molecule has 1 atom stereocenters. The van der Waals surface area contributed by atoms with Gasteiger partial charge in [-0.1, -0.05) is 29.8 Å². The van der Waals surface area contributed by atoms with Crippen LogP contribution in [-0.4, -0.2) is 40.0 Å². The molecule has 1 saturated heterocycles. The van der Waals surface area contributed by atoms with Crippen LogP contribution >= 0.6 is 27.7 Å². The van der Waals surface area contributed by atoms with Crippen LogP contribution < -0.4 is 0 Å². The van der Waals surface area contributed by atoms with Gasteiger partial charge in [0, 0.05) is 28.6 Å². The van der Waals surface area contributed by atoms with Gasteiger partial charge in [0.2, 0.25) is 0 Å². The van der Waals surface area contributed by atoms with Gasteiger partial charge < -0.3 is 10.0 Å². The molecule has 1 aromatic carbocycles. The molecule has 0 unspecified atom stereocenters. The van der Waals surface area contributed by atoms with E-state index in [4.69, 9.17) is 0 Å². The molecule has 0 aromatic heterocycles. The highest BCUT2D eigenvalue weighted by molar-refractivity contribution is 9.10. The number of carbonyl (C=O) groups is 1. The Kier molecular flexibility index (Phi) is 4.79. The SMILES string of the molecule is CC(C)[C@H]1CN(C(=O)c2cc(Br)ccc2O)CCS1. The fourth-order valence-corrected chi connectivity index (χ4v) is 3.77. The van der Waals surface area contributed by atoms with Crippen molar-refractivity contribution < 1.29 is 9.90 Å². The predicted molar refractivity (Wildman–Crippen MR) is 82.8 cm³/mol. The quantitative estimate of drug-likeness (QED) is 0.894. The third-order valence-corrected chi connectivity index (χ3v) is 5.35. The molecule has 1 aromatic rings. The molecule has 0 saturated carbocycles. The van der Waals surface area contributed by atoms with E-state index < -0.39 is 0 Å². The van der Waals surface area contributed by atoms with E-state index in [2.05, 4.69) is 29.8 Å². The van der Waals surface area contributed by atoms with Crippen molar-refractivity contribution in [2.45, 2.75) is 19.1 Å². The Labute approximate surface area is 126 Å². The van der Waals surface area contributed by atoms with E-state index in [0.717, 1.165) is 23.3 Å². The molecule has 1 N–H and O–H groups in total. The Morgan fingerprint density at radius 3 is 2.95 bits per heavy atom. The summed E-state index contributed by atoms with van der Waals surface area (Å²) in [4.78, 5) is 14.3. The topological polar surface area (TPSA) is 40.5 Å². The van der Waals surface area contributed by atoms with Crippen molar-refractivity contribution >= 4 is 33.6 Å². The second kappa shape index (κ2) is 6.18. The van der Waals surface area contributed by atoms with Gasteiger partial charge in [0.25, 0.3) is 5.91 Å². The van der Waals surface area contributed by atoms with Crippen molar-refractivity contribution in [3.63, 3.8) is 0 Å². The highest BCUT2D eigenvalue weighted by Gasteiger charge is 2.27. The van der Waals surface area contributed by atoms with E-state index in [1.807, 2.05) is 16.7 Å². The second-order valence-corrected chi connectivity index (χ2v) is 7.33. The largest absolute Gasteiger partial charge is 0.507 e. The molecule has 1 heterocycles. The third kappa shape index (κ3) is 3.45. The highest BCUT2D eigenvalue weighted by atomic mass is 79.9. The summed E-state index contributed by atoms with van der Waals surface area (Å²) in [5.74, 6) is 1.48. The molecule has 5 heteroatoms. The molecule has 104 valence electrons. The van der Waals surface area contributed by atoms with Crippen LogP contribution in [0.3, 0.4) is 0 Å². The maximum absolute atomic E-state index is 12.5.